The minimum atomic E-state index is -3.78. The molecule has 25 heavy (non-hydrogen) atoms. The molecule has 2 aromatic rings. The monoisotopic (exact) mass is 364 g/mol. The number of sulfonamides is 1. The molecule has 1 aliphatic heterocycles. The SMILES string of the molecule is Cc1cc(NS(=O)(=O)c2ccc(C(=O)N3CCN(C)CC3)cc2)no1. The van der Waals surface area contributed by atoms with Gasteiger partial charge in [-0.1, -0.05) is 5.16 Å². The first-order valence-electron chi connectivity index (χ1n) is 7.89. The molecule has 1 saturated heterocycles. The van der Waals surface area contributed by atoms with Crippen LogP contribution in [0.3, 0.4) is 0 Å². The van der Waals surface area contributed by atoms with Gasteiger partial charge in [-0.2, -0.15) is 0 Å². The van der Waals surface area contributed by atoms with Crippen LogP contribution in [-0.4, -0.2) is 62.5 Å². The average Bonchev–Trinajstić information content (AvgIpc) is 2.99. The van der Waals surface area contributed by atoms with Crippen molar-refractivity contribution in [2.75, 3.05) is 37.9 Å². The molecule has 0 spiro atoms. The van der Waals surface area contributed by atoms with Crippen molar-refractivity contribution >= 4 is 21.7 Å². The number of aryl methyl sites for hydroxylation is 1. The average molecular weight is 364 g/mol. The smallest absolute Gasteiger partial charge is 0.263 e. The number of nitrogens with zero attached hydrogens (tertiary/aromatic N) is 3. The van der Waals surface area contributed by atoms with Gasteiger partial charge in [0.05, 0.1) is 4.90 Å². The highest BCUT2D eigenvalue weighted by molar-refractivity contribution is 7.92. The Hall–Kier alpha value is -2.39. The maximum atomic E-state index is 12.5. The highest BCUT2D eigenvalue weighted by Gasteiger charge is 2.21. The molecule has 3 rings (SSSR count). The summed E-state index contributed by atoms with van der Waals surface area (Å²) >= 11 is 0. The number of carbonyl (C=O) groups excluding carboxylic acids is 1. The molecular formula is C16H20N4O4S. The summed E-state index contributed by atoms with van der Waals surface area (Å²) < 4.78 is 31.9. The lowest BCUT2D eigenvalue weighted by Crippen LogP contribution is -2.47. The van der Waals surface area contributed by atoms with Crippen LogP contribution in [0.1, 0.15) is 16.1 Å². The lowest BCUT2D eigenvalue weighted by Gasteiger charge is -2.32. The van der Waals surface area contributed by atoms with E-state index in [1.807, 2.05) is 7.05 Å². The van der Waals surface area contributed by atoms with Crippen molar-refractivity contribution in [3.8, 4) is 0 Å². The predicted octanol–water partition coefficient (Wildman–Crippen LogP) is 1.17. The number of rotatable bonds is 4. The number of aromatic nitrogens is 1. The molecule has 0 saturated carbocycles. The molecule has 1 aromatic heterocycles. The van der Waals surface area contributed by atoms with E-state index >= 15 is 0 Å². The first kappa shape index (κ1) is 17.4. The molecule has 0 bridgehead atoms. The summed E-state index contributed by atoms with van der Waals surface area (Å²) in [5, 5.41) is 3.61. The largest absolute Gasteiger partial charge is 0.360 e. The molecule has 0 atom stereocenters. The van der Waals surface area contributed by atoms with Crippen molar-refractivity contribution in [3.05, 3.63) is 41.7 Å². The van der Waals surface area contributed by atoms with Gasteiger partial charge in [-0.15, -0.1) is 0 Å². The minimum absolute atomic E-state index is 0.0584. The molecule has 2 heterocycles. The Kier molecular flexibility index (Phi) is 4.78. The summed E-state index contributed by atoms with van der Waals surface area (Å²) in [5.41, 5.74) is 0.473. The van der Waals surface area contributed by atoms with Gasteiger partial charge in [0.1, 0.15) is 5.76 Å². The van der Waals surface area contributed by atoms with Crippen molar-refractivity contribution in [2.45, 2.75) is 11.8 Å². The number of carbonyl (C=O) groups is 1. The second-order valence-electron chi connectivity index (χ2n) is 6.05. The quantitative estimate of drug-likeness (QED) is 0.875. The number of benzene rings is 1. The van der Waals surface area contributed by atoms with E-state index in [-0.39, 0.29) is 16.6 Å². The van der Waals surface area contributed by atoms with Gasteiger partial charge in [-0.25, -0.2) is 8.42 Å². The normalized spacial score (nSPS) is 16.0. The molecule has 134 valence electrons. The van der Waals surface area contributed by atoms with Crippen LogP contribution in [0.15, 0.2) is 39.8 Å². The topological polar surface area (TPSA) is 95.8 Å². The van der Waals surface area contributed by atoms with Crippen molar-refractivity contribution in [1.82, 2.24) is 15.0 Å². The molecule has 1 N–H and O–H groups in total. The molecule has 0 unspecified atom stereocenters. The third-order valence-corrected chi connectivity index (χ3v) is 5.44. The number of hydrogen-bond donors (Lipinski definition) is 1. The molecule has 9 heteroatoms. The van der Waals surface area contributed by atoms with Crippen LogP contribution in [0, 0.1) is 6.92 Å². The molecule has 0 aliphatic carbocycles. The molecule has 0 radical (unpaired) electrons. The van der Waals surface area contributed by atoms with Gasteiger partial charge in [0, 0.05) is 37.8 Å². The lowest BCUT2D eigenvalue weighted by molar-refractivity contribution is 0.0664. The van der Waals surface area contributed by atoms with Gasteiger partial charge in [-0.05, 0) is 38.2 Å². The molecule has 1 aliphatic rings. The number of anilines is 1. The molecule has 1 aromatic carbocycles. The summed E-state index contributed by atoms with van der Waals surface area (Å²) in [5.74, 6) is 0.540. The van der Waals surface area contributed by atoms with E-state index in [0.29, 0.717) is 24.4 Å². The Balaban J connectivity index is 1.72. The zero-order valence-corrected chi connectivity index (χ0v) is 14.9. The van der Waals surface area contributed by atoms with E-state index in [0.717, 1.165) is 13.1 Å². The molecular weight excluding hydrogens is 344 g/mol. The van der Waals surface area contributed by atoms with Crippen LogP contribution in [0.2, 0.25) is 0 Å². The van der Waals surface area contributed by atoms with Crippen LogP contribution in [0.5, 0.6) is 0 Å². The Morgan fingerprint density at radius 1 is 1.16 bits per heavy atom. The summed E-state index contributed by atoms with van der Waals surface area (Å²) in [6.45, 7) is 4.67. The third kappa shape index (κ3) is 3.99. The van der Waals surface area contributed by atoms with E-state index in [4.69, 9.17) is 4.52 Å². The summed E-state index contributed by atoms with van der Waals surface area (Å²) in [6, 6.07) is 7.38. The Labute approximate surface area is 146 Å². The maximum Gasteiger partial charge on any atom is 0.263 e. The number of amides is 1. The van der Waals surface area contributed by atoms with E-state index in [1.165, 1.54) is 30.3 Å². The van der Waals surface area contributed by atoms with E-state index in [2.05, 4.69) is 14.8 Å². The van der Waals surface area contributed by atoms with E-state index in [9.17, 15) is 13.2 Å². The standard InChI is InChI=1S/C16H20N4O4S/c1-12-11-15(17-24-12)18-25(22,23)14-5-3-13(4-6-14)16(21)20-9-7-19(2)8-10-20/h3-6,11H,7-10H2,1-2H3,(H,17,18). The van der Waals surface area contributed by atoms with E-state index < -0.39 is 10.0 Å². The predicted molar refractivity (Wildman–Crippen MR) is 91.9 cm³/mol. The summed E-state index contributed by atoms with van der Waals surface area (Å²) in [6.07, 6.45) is 0. The Morgan fingerprint density at radius 3 is 2.36 bits per heavy atom. The fourth-order valence-corrected chi connectivity index (χ4v) is 3.56. The lowest BCUT2D eigenvalue weighted by atomic mass is 10.2. The Morgan fingerprint density at radius 2 is 1.80 bits per heavy atom. The maximum absolute atomic E-state index is 12.5. The zero-order chi connectivity index (χ0) is 18.0. The summed E-state index contributed by atoms with van der Waals surface area (Å²) in [7, 11) is -1.76. The summed E-state index contributed by atoms with van der Waals surface area (Å²) in [4.78, 5) is 16.5. The van der Waals surface area contributed by atoms with Gasteiger partial charge >= 0.3 is 0 Å². The van der Waals surface area contributed by atoms with Crippen molar-refractivity contribution in [2.24, 2.45) is 0 Å². The number of likely N-dealkylation sites (N-methyl/N-ethyl adjacent to an activating group) is 1. The van der Waals surface area contributed by atoms with Crippen molar-refractivity contribution in [3.63, 3.8) is 0 Å². The van der Waals surface area contributed by atoms with Gasteiger partial charge in [0.15, 0.2) is 5.82 Å². The Bertz CT molecular complexity index is 853. The van der Waals surface area contributed by atoms with Crippen LogP contribution in [0.25, 0.3) is 0 Å². The highest BCUT2D eigenvalue weighted by atomic mass is 32.2. The van der Waals surface area contributed by atoms with Crippen LogP contribution >= 0.6 is 0 Å². The number of nitrogens with one attached hydrogen (secondary N) is 1. The van der Waals surface area contributed by atoms with Crippen LogP contribution < -0.4 is 4.72 Å². The minimum Gasteiger partial charge on any atom is -0.360 e. The molecule has 1 fully saturated rings. The van der Waals surface area contributed by atoms with Gasteiger partial charge < -0.3 is 14.3 Å². The van der Waals surface area contributed by atoms with Gasteiger partial charge in [0.25, 0.3) is 15.9 Å². The fourth-order valence-electron chi connectivity index (χ4n) is 2.58. The van der Waals surface area contributed by atoms with Gasteiger partial charge in [-0.3, -0.25) is 9.52 Å². The third-order valence-electron chi connectivity index (χ3n) is 4.07. The first-order chi connectivity index (χ1) is 11.8. The molecule has 1 amide bonds. The highest BCUT2D eigenvalue weighted by Crippen LogP contribution is 2.17. The fraction of sp³-hybridized carbons (Fsp3) is 0.375. The second-order valence-corrected chi connectivity index (χ2v) is 7.73. The van der Waals surface area contributed by atoms with Crippen molar-refractivity contribution in [1.29, 1.82) is 0 Å². The number of piperazine rings is 1. The van der Waals surface area contributed by atoms with Crippen LogP contribution in [0.4, 0.5) is 5.82 Å². The molecule has 8 nitrogen and oxygen atoms in total. The van der Waals surface area contributed by atoms with Crippen LogP contribution in [-0.2, 0) is 10.0 Å². The van der Waals surface area contributed by atoms with Crippen molar-refractivity contribution < 1.29 is 17.7 Å². The van der Waals surface area contributed by atoms with E-state index in [1.54, 1.807) is 11.8 Å². The van der Waals surface area contributed by atoms with Gasteiger partial charge in [0.2, 0.25) is 0 Å². The zero-order valence-electron chi connectivity index (χ0n) is 14.1. The number of hydrogen-bond acceptors (Lipinski definition) is 6. The first-order valence-corrected chi connectivity index (χ1v) is 9.37. The second kappa shape index (κ2) is 6.85.